The Balaban J connectivity index is 0.00000225. The molecule has 16 heavy (non-hydrogen) atoms. The summed E-state index contributed by atoms with van der Waals surface area (Å²) in [6, 6.07) is 5.23. The van der Waals surface area contributed by atoms with Crippen LogP contribution in [0.5, 0.6) is 0 Å². The molecule has 1 aromatic carbocycles. The summed E-state index contributed by atoms with van der Waals surface area (Å²) in [5, 5.41) is 9.00. The molecule has 0 N–H and O–H groups in total. The third-order valence-electron chi connectivity index (χ3n) is 1.46. The van der Waals surface area contributed by atoms with Gasteiger partial charge in [-0.25, -0.2) is 8.42 Å². The van der Waals surface area contributed by atoms with E-state index in [1.807, 2.05) is 0 Å². The molecule has 8 heteroatoms. The van der Waals surface area contributed by atoms with E-state index in [9.17, 15) is 13.0 Å². The average molecular weight is 267 g/mol. The van der Waals surface area contributed by atoms with Crippen LogP contribution in [-0.4, -0.2) is 32.1 Å². The summed E-state index contributed by atoms with van der Waals surface area (Å²) < 4.78 is 31.8. The van der Waals surface area contributed by atoms with Crippen molar-refractivity contribution in [2.45, 2.75) is 4.90 Å². The van der Waals surface area contributed by atoms with Crippen LogP contribution in [0.3, 0.4) is 0 Å². The topological polar surface area (TPSA) is 85.2 Å². The largest absolute Gasteiger partial charge is 1.00 e. The van der Waals surface area contributed by atoms with Gasteiger partial charge in [0.1, 0.15) is 10.1 Å². The SMILES string of the molecule is CN(C)N=Nc1ccc(S(=O)(=O)[O-])cc1.[K+]. The van der Waals surface area contributed by atoms with Crippen molar-refractivity contribution >= 4 is 15.8 Å². The standard InChI is InChI=1S/C8H11N3O3S.K/c1-11(2)10-9-7-3-5-8(6-4-7)15(12,13)14;/h3-6H,1-2H3,(H,12,13,14);/q;+1/p-1. The van der Waals surface area contributed by atoms with Gasteiger partial charge < -0.3 is 4.55 Å². The molecule has 0 fully saturated rings. The minimum Gasteiger partial charge on any atom is -0.744 e. The van der Waals surface area contributed by atoms with Gasteiger partial charge in [0.2, 0.25) is 0 Å². The van der Waals surface area contributed by atoms with Gasteiger partial charge in [-0.2, -0.15) is 0 Å². The Hall–Kier alpha value is 0.166. The van der Waals surface area contributed by atoms with E-state index < -0.39 is 10.1 Å². The maximum Gasteiger partial charge on any atom is 1.00 e. The maximum atomic E-state index is 10.6. The number of hydrogen-bond donors (Lipinski definition) is 0. The predicted octanol–water partition coefficient (Wildman–Crippen LogP) is -1.84. The zero-order valence-corrected chi connectivity index (χ0v) is 13.2. The van der Waals surface area contributed by atoms with Gasteiger partial charge in [0.05, 0.1) is 10.6 Å². The number of hydrogen-bond acceptors (Lipinski definition) is 5. The fourth-order valence-electron chi connectivity index (χ4n) is 0.821. The summed E-state index contributed by atoms with van der Waals surface area (Å²) >= 11 is 0. The van der Waals surface area contributed by atoms with Crippen LogP contribution in [0, 0.1) is 0 Å². The Kier molecular flexibility index (Phi) is 6.86. The summed E-state index contributed by atoms with van der Waals surface area (Å²) in [6.45, 7) is 0. The number of nitrogens with zero attached hydrogens (tertiary/aromatic N) is 3. The molecule has 0 unspecified atom stereocenters. The van der Waals surface area contributed by atoms with Gasteiger partial charge in [0.25, 0.3) is 0 Å². The minimum absolute atomic E-state index is 0. The molecule has 0 aliphatic rings. The van der Waals surface area contributed by atoms with E-state index in [0.29, 0.717) is 5.69 Å². The van der Waals surface area contributed by atoms with Crippen molar-refractivity contribution in [1.82, 2.24) is 5.01 Å². The monoisotopic (exact) mass is 267 g/mol. The van der Waals surface area contributed by atoms with Crippen LogP contribution in [0.2, 0.25) is 0 Å². The van der Waals surface area contributed by atoms with Crippen LogP contribution in [-0.2, 0) is 10.1 Å². The van der Waals surface area contributed by atoms with E-state index in [1.54, 1.807) is 14.1 Å². The summed E-state index contributed by atoms with van der Waals surface area (Å²) in [6.07, 6.45) is 0. The van der Waals surface area contributed by atoms with E-state index in [1.165, 1.54) is 29.3 Å². The maximum absolute atomic E-state index is 10.6. The molecule has 0 aliphatic carbocycles. The minimum atomic E-state index is -4.38. The third-order valence-corrected chi connectivity index (χ3v) is 2.31. The fourth-order valence-corrected chi connectivity index (χ4v) is 1.29. The quantitative estimate of drug-likeness (QED) is 0.279. The van der Waals surface area contributed by atoms with Gasteiger partial charge in [-0.15, -0.1) is 5.11 Å². The van der Waals surface area contributed by atoms with Crippen LogP contribution in [0.1, 0.15) is 0 Å². The van der Waals surface area contributed by atoms with E-state index in [0.717, 1.165) is 0 Å². The molecular formula is C8H10KN3O3S. The Labute approximate surface area is 137 Å². The molecule has 0 aliphatic heterocycles. The van der Waals surface area contributed by atoms with Gasteiger partial charge >= 0.3 is 51.4 Å². The molecule has 0 saturated carbocycles. The van der Waals surface area contributed by atoms with E-state index in [4.69, 9.17) is 0 Å². The first-order valence-corrected chi connectivity index (χ1v) is 5.45. The van der Waals surface area contributed by atoms with Crippen LogP contribution in [0.4, 0.5) is 5.69 Å². The molecule has 0 bridgehead atoms. The number of benzene rings is 1. The number of rotatable bonds is 3. The molecule has 0 radical (unpaired) electrons. The van der Waals surface area contributed by atoms with Gasteiger partial charge in [0, 0.05) is 14.1 Å². The summed E-state index contributed by atoms with van der Waals surface area (Å²) in [5.74, 6) is 0. The fraction of sp³-hybridized carbons (Fsp3) is 0.250. The van der Waals surface area contributed by atoms with Crippen molar-refractivity contribution in [3.63, 3.8) is 0 Å². The smallest absolute Gasteiger partial charge is 0.744 e. The van der Waals surface area contributed by atoms with Crippen molar-refractivity contribution < 1.29 is 64.4 Å². The van der Waals surface area contributed by atoms with E-state index in [-0.39, 0.29) is 56.3 Å². The normalized spacial score (nSPS) is 11.2. The molecule has 82 valence electrons. The molecule has 0 atom stereocenters. The Bertz CT molecular complexity index is 456. The van der Waals surface area contributed by atoms with Crippen molar-refractivity contribution in [3.05, 3.63) is 24.3 Å². The molecule has 0 aromatic heterocycles. The molecule has 0 heterocycles. The van der Waals surface area contributed by atoms with Crippen LogP contribution in [0.15, 0.2) is 39.5 Å². The zero-order chi connectivity index (χ0) is 11.5. The van der Waals surface area contributed by atoms with Crippen molar-refractivity contribution in [2.24, 2.45) is 10.3 Å². The second-order valence-electron chi connectivity index (χ2n) is 2.98. The van der Waals surface area contributed by atoms with Crippen molar-refractivity contribution in [3.8, 4) is 0 Å². The van der Waals surface area contributed by atoms with Crippen LogP contribution >= 0.6 is 0 Å². The summed E-state index contributed by atoms with van der Waals surface area (Å²) in [7, 11) is -0.967. The van der Waals surface area contributed by atoms with E-state index in [2.05, 4.69) is 10.3 Å². The second kappa shape index (κ2) is 6.79. The first-order chi connectivity index (χ1) is 6.89. The molecule has 6 nitrogen and oxygen atoms in total. The van der Waals surface area contributed by atoms with Gasteiger partial charge in [-0.05, 0) is 24.3 Å². The average Bonchev–Trinajstić information content (AvgIpc) is 2.14. The van der Waals surface area contributed by atoms with E-state index >= 15 is 0 Å². The molecule has 0 spiro atoms. The Morgan fingerprint density at radius 2 is 1.69 bits per heavy atom. The molecule has 0 amide bonds. The van der Waals surface area contributed by atoms with Gasteiger partial charge in [0.15, 0.2) is 0 Å². The zero-order valence-electron chi connectivity index (χ0n) is 9.28. The first-order valence-electron chi connectivity index (χ1n) is 4.04. The third kappa shape index (κ3) is 5.48. The van der Waals surface area contributed by atoms with Crippen molar-refractivity contribution in [1.29, 1.82) is 0 Å². The molecule has 0 saturated heterocycles. The second-order valence-corrected chi connectivity index (χ2v) is 4.36. The summed E-state index contributed by atoms with van der Waals surface area (Å²) in [4.78, 5) is -0.272. The molecular weight excluding hydrogens is 257 g/mol. The predicted molar refractivity (Wildman–Crippen MR) is 52.6 cm³/mol. The van der Waals surface area contributed by atoms with Crippen molar-refractivity contribution in [2.75, 3.05) is 14.1 Å². The van der Waals surface area contributed by atoms with Crippen LogP contribution < -0.4 is 51.4 Å². The Morgan fingerprint density at radius 1 is 1.19 bits per heavy atom. The molecule has 1 aromatic rings. The van der Waals surface area contributed by atoms with Crippen LogP contribution in [0.25, 0.3) is 0 Å². The first kappa shape index (κ1) is 16.2. The van der Waals surface area contributed by atoms with Gasteiger partial charge in [-0.1, -0.05) is 5.22 Å². The summed E-state index contributed by atoms with van der Waals surface area (Å²) in [5.41, 5.74) is 0.483. The molecule has 1 rings (SSSR count). The van der Waals surface area contributed by atoms with Gasteiger partial charge in [-0.3, -0.25) is 5.01 Å². The Morgan fingerprint density at radius 3 is 2.06 bits per heavy atom.